The maximum atomic E-state index is 13.6. The molecule has 1 N–H and O–H groups in total. The van der Waals surface area contributed by atoms with Gasteiger partial charge in [-0.25, -0.2) is 4.79 Å². The second-order valence-electron chi connectivity index (χ2n) is 9.77. The Balaban J connectivity index is 1.47. The fourth-order valence-corrected chi connectivity index (χ4v) is 5.94. The molecule has 0 aliphatic carbocycles. The van der Waals surface area contributed by atoms with Crippen LogP contribution in [-0.2, 0) is 14.3 Å². The molecule has 2 amide bonds. The Hall–Kier alpha value is -2.87. The number of carbonyl (C=O) groups excluding carboxylic acids is 2. The number of hydrogen-bond acceptors (Lipinski definition) is 5. The number of rotatable bonds is 4. The van der Waals surface area contributed by atoms with Crippen molar-refractivity contribution in [1.82, 2.24) is 14.7 Å². The fraction of sp³-hybridized carbons (Fsp3) is 0.577. The highest BCUT2D eigenvalue weighted by molar-refractivity contribution is 5.89. The van der Waals surface area contributed by atoms with Gasteiger partial charge < -0.3 is 19.6 Å². The number of methoxy groups -OCH3 is 1. The van der Waals surface area contributed by atoms with Crippen LogP contribution < -0.4 is 0 Å². The Morgan fingerprint density at radius 3 is 2.44 bits per heavy atom. The van der Waals surface area contributed by atoms with E-state index in [2.05, 4.69) is 18.2 Å². The lowest BCUT2D eigenvalue weighted by molar-refractivity contribution is -0.158. The van der Waals surface area contributed by atoms with Crippen molar-refractivity contribution in [3.63, 3.8) is 0 Å². The van der Waals surface area contributed by atoms with Crippen molar-refractivity contribution in [2.75, 3.05) is 46.9 Å². The van der Waals surface area contributed by atoms with Gasteiger partial charge in [-0.15, -0.1) is 0 Å². The number of hydrogen-bond donors (Lipinski definition) is 1. The summed E-state index contributed by atoms with van der Waals surface area (Å²) in [5, 5.41) is 9.42. The summed E-state index contributed by atoms with van der Waals surface area (Å²) in [6, 6.07) is 9.64. The Kier molecular flexibility index (Phi) is 7.56. The average molecular weight is 470 g/mol. The molecule has 3 aliphatic rings. The third kappa shape index (κ3) is 5.12. The van der Waals surface area contributed by atoms with Gasteiger partial charge in [-0.05, 0) is 55.7 Å². The number of ether oxygens (including phenoxy) is 1. The third-order valence-electron chi connectivity index (χ3n) is 7.75. The molecule has 0 spiro atoms. The normalized spacial score (nSPS) is 28.2. The van der Waals surface area contributed by atoms with Gasteiger partial charge >= 0.3 is 12.1 Å². The molecule has 1 unspecified atom stereocenters. The first-order chi connectivity index (χ1) is 16.4. The molecule has 2 saturated heterocycles. The topological polar surface area (TPSA) is 90.4 Å². The van der Waals surface area contributed by atoms with Crippen LogP contribution in [0.4, 0.5) is 4.79 Å². The minimum absolute atomic E-state index is 0.0319. The minimum Gasteiger partial charge on any atom is -0.469 e. The van der Waals surface area contributed by atoms with Gasteiger partial charge in [0.25, 0.3) is 0 Å². The molecule has 8 heteroatoms. The maximum absolute atomic E-state index is 13.6. The van der Waals surface area contributed by atoms with E-state index in [1.54, 1.807) is 0 Å². The molecular formula is C26H35N3O5. The van der Waals surface area contributed by atoms with E-state index >= 15 is 0 Å². The van der Waals surface area contributed by atoms with E-state index in [1.165, 1.54) is 23.1 Å². The Labute approximate surface area is 201 Å². The van der Waals surface area contributed by atoms with Crippen LogP contribution in [-0.4, -0.2) is 90.7 Å². The van der Waals surface area contributed by atoms with Crippen molar-refractivity contribution >= 4 is 23.5 Å². The molecule has 34 heavy (non-hydrogen) atoms. The van der Waals surface area contributed by atoms with Gasteiger partial charge in [-0.3, -0.25) is 14.5 Å². The number of carboxylic acid groups (broad SMARTS) is 1. The fourth-order valence-electron chi connectivity index (χ4n) is 5.94. The van der Waals surface area contributed by atoms with Crippen LogP contribution in [0.1, 0.15) is 31.2 Å². The lowest BCUT2D eigenvalue weighted by Gasteiger charge is -2.46. The van der Waals surface area contributed by atoms with Gasteiger partial charge in [-0.2, -0.15) is 0 Å². The summed E-state index contributed by atoms with van der Waals surface area (Å²) in [4.78, 5) is 43.2. The standard InChI is InChI=1S/C26H35N3O5/c1-27-16-21(20-9-6-12-29(17-20)26(32)33)15-22(25(31)34-2)23(27)24(30)28-13-10-19(11-14-28)18-7-4-3-5-8-18/h3-5,7-8,10,20-23H,6,9,11-17H2,1-2H3,(H,32,33)/t20-,21?,22+,23+/m1/s1. The molecule has 0 radical (unpaired) electrons. The summed E-state index contributed by atoms with van der Waals surface area (Å²) in [6.07, 6.45) is 4.31. The number of esters is 1. The molecule has 1 aromatic carbocycles. The summed E-state index contributed by atoms with van der Waals surface area (Å²) in [7, 11) is 3.27. The van der Waals surface area contributed by atoms with E-state index in [-0.39, 0.29) is 23.7 Å². The number of piperidine rings is 2. The van der Waals surface area contributed by atoms with E-state index in [1.807, 2.05) is 35.0 Å². The first kappa shape index (κ1) is 24.3. The lowest BCUT2D eigenvalue weighted by Crippen LogP contribution is -2.59. The van der Waals surface area contributed by atoms with E-state index in [9.17, 15) is 19.5 Å². The molecule has 3 heterocycles. The third-order valence-corrected chi connectivity index (χ3v) is 7.75. The largest absolute Gasteiger partial charge is 0.469 e. The van der Waals surface area contributed by atoms with Gasteiger partial charge in [0.1, 0.15) is 6.04 Å². The maximum Gasteiger partial charge on any atom is 0.407 e. The van der Waals surface area contributed by atoms with E-state index in [0.717, 1.165) is 19.3 Å². The molecular weight excluding hydrogens is 434 g/mol. The first-order valence-electron chi connectivity index (χ1n) is 12.2. The predicted molar refractivity (Wildman–Crippen MR) is 128 cm³/mol. The second kappa shape index (κ2) is 10.6. The minimum atomic E-state index is -0.889. The molecule has 1 aromatic rings. The molecule has 4 atom stereocenters. The zero-order chi connectivity index (χ0) is 24.2. The monoisotopic (exact) mass is 469 g/mol. The van der Waals surface area contributed by atoms with Crippen LogP contribution in [0.2, 0.25) is 0 Å². The Bertz CT molecular complexity index is 934. The lowest BCUT2D eigenvalue weighted by atomic mass is 9.74. The van der Waals surface area contributed by atoms with E-state index < -0.39 is 18.1 Å². The average Bonchev–Trinajstić information content (AvgIpc) is 2.88. The molecule has 184 valence electrons. The SMILES string of the molecule is COC(=O)[C@H]1CC([C@@H]2CCCN(C(=O)O)C2)CN(C)[C@@H]1C(=O)N1CC=C(c2ccccc2)CC1. The van der Waals surface area contributed by atoms with Crippen molar-refractivity contribution in [2.24, 2.45) is 17.8 Å². The molecule has 4 rings (SSSR count). The molecule has 3 aliphatic heterocycles. The van der Waals surface area contributed by atoms with Crippen molar-refractivity contribution in [1.29, 1.82) is 0 Å². The van der Waals surface area contributed by atoms with Crippen LogP contribution in [0.25, 0.3) is 5.57 Å². The van der Waals surface area contributed by atoms with Crippen LogP contribution in [0.15, 0.2) is 36.4 Å². The molecule has 0 saturated carbocycles. The first-order valence-corrected chi connectivity index (χ1v) is 12.2. The number of amides is 2. The van der Waals surface area contributed by atoms with Crippen molar-refractivity contribution in [2.45, 2.75) is 31.7 Å². The van der Waals surface area contributed by atoms with Crippen LogP contribution >= 0.6 is 0 Å². The van der Waals surface area contributed by atoms with Gasteiger partial charge in [0.05, 0.1) is 13.0 Å². The molecule has 8 nitrogen and oxygen atoms in total. The number of nitrogens with zero attached hydrogens (tertiary/aromatic N) is 3. The van der Waals surface area contributed by atoms with E-state index in [4.69, 9.17) is 4.74 Å². The van der Waals surface area contributed by atoms with Gasteiger partial charge in [0.15, 0.2) is 0 Å². The number of likely N-dealkylation sites (N-methyl/N-ethyl adjacent to an activating group) is 1. The number of likely N-dealkylation sites (tertiary alicyclic amines) is 2. The molecule has 2 fully saturated rings. The summed E-state index contributed by atoms with van der Waals surface area (Å²) >= 11 is 0. The van der Waals surface area contributed by atoms with Gasteiger partial charge in [0, 0.05) is 32.7 Å². The highest BCUT2D eigenvalue weighted by atomic mass is 16.5. The highest BCUT2D eigenvalue weighted by Gasteiger charge is 2.47. The second-order valence-corrected chi connectivity index (χ2v) is 9.77. The van der Waals surface area contributed by atoms with Crippen molar-refractivity contribution in [3.05, 3.63) is 42.0 Å². The summed E-state index contributed by atoms with van der Waals surface area (Å²) in [5.74, 6) is -0.622. The smallest absolute Gasteiger partial charge is 0.407 e. The zero-order valence-corrected chi connectivity index (χ0v) is 20.1. The Morgan fingerprint density at radius 1 is 1.03 bits per heavy atom. The molecule has 0 aromatic heterocycles. The van der Waals surface area contributed by atoms with E-state index in [0.29, 0.717) is 39.1 Å². The summed E-state index contributed by atoms with van der Waals surface area (Å²) in [5.41, 5.74) is 2.43. The van der Waals surface area contributed by atoms with Crippen molar-refractivity contribution < 1.29 is 24.2 Å². The highest BCUT2D eigenvalue weighted by Crippen LogP contribution is 2.37. The predicted octanol–water partition coefficient (Wildman–Crippen LogP) is 2.80. The number of carbonyl (C=O) groups is 3. The van der Waals surface area contributed by atoms with Crippen molar-refractivity contribution in [3.8, 4) is 0 Å². The Morgan fingerprint density at radius 2 is 1.79 bits per heavy atom. The van der Waals surface area contributed by atoms with Crippen LogP contribution in [0.3, 0.4) is 0 Å². The van der Waals surface area contributed by atoms with Gasteiger partial charge in [-0.1, -0.05) is 36.4 Å². The summed E-state index contributed by atoms with van der Waals surface area (Å²) in [6.45, 7) is 2.86. The zero-order valence-electron chi connectivity index (χ0n) is 20.1. The summed E-state index contributed by atoms with van der Waals surface area (Å²) < 4.78 is 5.12. The quantitative estimate of drug-likeness (QED) is 0.682. The van der Waals surface area contributed by atoms with Crippen LogP contribution in [0.5, 0.6) is 0 Å². The van der Waals surface area contributed by atoms with Gasteiger partial charge in [0.2, 0.25) is 5.91 Å². The molecule has 0 bridgehead atoms. The van der Waals surface area contributed by atoms with Crippen LogP contribution in [0, 0.1) is 17.8 Å². The number of benzene rings is 1.